The molecule has 0 unspecified atom stereocenters. The third-order valence-electron chi connectivity index (χ3n) is 6.35. The number of rotatable bonds is 6. The van der Waals surface area contributed by atoms with Gasteiger partial charge in [0.15, 0.2) is 11.6 Å². The van der Waals surface area contributed by atoms with Crippen molar-refractivity contribution >= 4 is 35.1 Å². The van der Waals surface area contributed by atoms with Crippen LogP contribution in [0.3, 0.4) is 0 Å². The first-order valence-electron chi connectivity index (χ1n) is 11.7. The maximum atomic E-state index is 13.6. The van der Waals surface area contributed by atoms with Gasteiger partial charge in [-0.15, -0.1) is 0 Å². The molecule has 182 valence electrons. The van der Waals surface area contributed by atoms with Crippen molar-refractivity contribution in [3.05, 3.63) is 49.4 Å². The predicted octanol–water partition coefficient (Wildman–Crippen LogP) is 3.67. The van der Waals surface area contributed by atoms with Crippen molar-refractivity contribution in [1.82, 2.24) is 33.9 Å². The fourth-order valence-electron chi connectivity index (χ4n) is 4.72. The summed E-state index contributed by atoms with van der Waals surface area (Å²) in [6.45, 7) is 11.0. The number of carbonyl (C=O) groups excluding carboxylic acids is 1. The van der Waals surface area contributed by atoms with Gasteiger partial charge in [-0.05, 0) is 44.7 Å². The second kappa shape index (κ2) is 8.33. The van der Waals surface area contributed by atoms with Crippen LogP contribution in [0, 0.1) is 5.41 Å². The number of nitrogens with zero attached hydrogens (tertiary/aromatic N) is 8. The first kappa shape index (κ1) is 22.8. The second-order valence-corrected chi connectivity index (χ2v) is 10.3. The van der Waals surface area contributed by atoms with Gasteiger partial charge in [-0.2, -0.15) is 9.97 Å². The van der Waals surface area contributed by atoms with Crippen LogP contribution in [0.25, 0.3) is 5.65 Å². The van der Waals surface area contributed by atoms with Gasteiger partial charge in [0, 0.05) is 37.4 Å². The minimum Gasteiger partial charge on any atom is -0.333 e. The van der Waals surface area contributed by atoms with Crippen molar-refractivity contribution in [2.45, 2.75) is 52.6 Å². The molecule has 0 aliphatic carbocycles. The number of fused-ring (bicyclic) bond motifs is 1. The van der Waals surface area contributed by atoms with Gasteiger partial charge in [0.1, 0.15) is 11.2 Å². The maximum Gasteiger partial charge on any atom is 0.251 e. The molecule has 1 aliphatic rings. The molecule has 4 aromatic heterocycles. The first-order valence-corrected chi connectivity index (χ1v) is 11.7. The number of carbonyl (C=O) groups is 1. The summed E-state index contributed by atoms with van der Waals surface area (Å²) in [7, 11) is 0. The average molecular weight is 475 g/mol. The fourth-order valence-corrected chi connectivity index (χ4v) is 4.72. The van der Waals surface area contributed by atoms with E-state index in [1.807, 2.05) is 45.3 Å². The molecule has 0 spiro atoms. The Hall–Kier alpha value is -4.02. The third-order valence-corrected chi connectivity index (χ3v) is 6.35. The van der Waals surface area contributed by atoms with E-state index >= 15 is 0 Å². The Morgan fingerprint density at radius 1 is 1.11 bits per heavy atom. The highest BCUT2D eigenvalue weighted by Crippen LogP contribution is 2.43. The van der Waals surface area contributed by atoms with Gasteiger partial charge in [0.2, 0.25) is 11.9 Å². The fraction of sp³-hybridized carbons (Fsp3) is 0.417. The van der Waals surface area contributed by atoms with Crippen LogP contribution in [0.5, 0.6) is 0 Å². The zero-order valence-corrected chi connectivity index (χ0v) is 20.6. The van der Waals surface area contributed by atoms with Crippen molar-refractivity contribution < 1.29 is 4.79 Å². The van der Waals surface area contributed by atoms with Crippen LogP contribution in [0.4, 0.5) is 23.5 Å². The molecule has 5 rings (SSSR count). The van der Waals surface area contributed by atoms with Crippen molar-refractivity contribution in [3.63, 3.8) is 0 Å². The van der Waals surface area contributed by atoms with Crippen molar-refractivity contribution in [1.29, 1.82) is 0 Å². The number of imidazole rings is 1. The van der Waals surface area contributed by atoms with E-state index in [0.29, 0.717) is 42.5 Å². The minimum atomic E-state index is -0.886. The lowest BCUT2D eigenvalue weighted by molar-refractivity contribution is -0.120. The monoisotopic (exact) mass is 474 g/mol. The molecule has 35 heavy (non-hydrogen) atoms. The number of nitrogens with one attached hydrogen (secondary N) is 2. The molecule has 1 saturated heterocycles. The molecule has 1 fully saturated rings. The Labute approximate surface area is 203 Å². The topological polar surface area (TPSA) is 118 Å². The van der Waals surface area contributed by atoms with Crippen molar-refractivity contribution in [3.8, 4) is 0 Å². The van der Waals surface area contributed by atoms with Gasteiger partial charge in [-0.1, -0.05) is 13.8 Å². The largest absolute Gasteiger partial charge is 0.333 e. The molecular formula is C24H30N10O. The molecular weight excluding hydrogens is 444 g/mol. The Kier molecular flexibility index (Phi) is 5.42. The van der Waals surface area contributed by atoms with Crippen LogP contribution in [-0.4, -0.2) is 51.9 Å². The summed E-state index contributed by atoms with van der Waals surface area (Å²) in [5.41, 5.74) is -0.292. The molecule has 2 N–H and O–H groups in total. The lowest BCUT2D eigenvalue weighted by Crippen LogP contribution is -2.51. The van der Waals surface area contributed by atoms with Crippen LogP contribution in [0.15, 0.2) is 49.4 Å². The van der Waals surface area contributed by atoms with Crippen LogP contribution < -0.4 is 15.5 Å². The normalized spacial score (nSPS) is 19.4. The highest BCUT2D eigenvalue weighted by molar-refractivity contribution is 5.99. The number of amides is 1. The van der Waals surface area contributed by atoms with Gasteiger partial charge in [-0.3, -0.25) is 14.2 Å². The SMILES string of the molecule is CC(C)n1cnc(Nc2nc(N3CC(C)(C)C[C@@]3(C)C(=O)Nc3cnccn3)nc3cccn23)c1. The van der Waals surface area contributed by atoms with E-state index < -0.39 is 5.54 Å². The lowest BCUT2D eigenvalue weighted by Gasteiger charge is -2.33. The van der Waals surface area contributed by atoms with Crippen LogP contribution in [0.2, 0.25) is 0 Å². The molecule has 0 saturated carbocycles. The summed E-state index contributed by atoms with van der Waals surface area (Å²) in [4.78, 5) is 37.9. The lowest BCUT2D eigenvalue weighted by atomic mass is 9.84. The summed E-state index contributed by atoms with van der Waals surface area (Å²) in [5.74, 6) is 1.97. The van der Waals surface area contributed by atoms with Crippen LogP contribution in [-0.2, 0) is 4.79 Å². The van der Waals surface area contributed by atoms with Gasteiger partial charge < -0.3 is 20.1 Å². The number of hydrogen-bond donors (Lipinski definition) is 2. The van der Waals surface area contributed by atoms with Crippen LogP contribution in [0.1, 0.15) is 47.1 Å². The highest BCUT2D eigenvalue weighted by atomic mass is 16.2. The number of aromatic nitrogens is 7. The van der Waals surface area contributed by atoms with E-state index in [1.54, 1.807) is 18.7 Å². The molecule has 11 heteroatoms. The molecule has 1 amide bonds. The third kappa shape index (κ3) is 4.29. The molecule has 4 aromatic rings. The summed E-state index contributed by atoms with van der Waals surface area (Å²) in [5, 5.41) is 6.24. The highest BCUT2D eigenvalue weighted by Gasteiger charge is 2.52. The zero-order chi connectivity index (χ0) is 24.8. The standard InChI is InChI=1S/C24H30N10O/c1-16(2)32-12-18(27-15-32)29-21-31-22(30-19-7-6-10-33(19)21)34-14-23(3,4)13-24(34,5)20(35)28-17-11-25-8-9-26-17/h6-12,15-16H,13-14H2,1-5H3,(H,26,28,35)(H,29,30,31)/t24-/m0/s1. The summed E-state index contributed by atoms with van der Waals surface area (Å²) in [6.07, 6.45) is 10.9. The molecule has 1 aliphatic heterocycles. The van der Waals surface area contributed by atoms with E-state index in [2.05, 4.69) is 53.3 Å². The molecule has 0 radical (unpaired) electrons. The number of hydrogen-bond acceptors (Lipinski definition) is 8. The quantitative estimate of drug-likeness (QED) is 0.435. The molecule has 0 aromatic carbocycles. The molecule has 11 nitrogen and oxygen atoms in total. The van der Waals surface area contributed by atoms with E-state index in [-0.39, 0.29) is 11.3 Å². The average Bonchev–Trinajstić information content (AvgIpc) is 3.52. The zero-order valence-electron chi connectivity index (χ0n) is 20.6. The Morgan fingerprint density at radius 3 is 2.66 bits per heavy atom. The van der Waals surface area contributed by atoms with Gasteiger partial charge in [-0.25, -0.2) is 9.97 Å². The maximum absolute atomic E-state index is 13.6. The van der Waals surface area contributed by atoms with Crippen molar-refractivity contribution in [2.24, 2.45) is 5.41 Å². The summed E-state index contributed by atoms with van der Waals surface area (Å²) in [6, 6.07) is 4.13. The Balaban J connectivity index is 1.52. The van der Waals surface area contributed by atoms with Gasteiger partial charge in [0.25, 0.3) is 5.91 Å². The van der Waals surface area contributed by atoms with Gasteiger partial charge >= 0.3 is 0 Å². The van der Waals surface area contributed by atoms with E-state index in [4.69, 9.17) is 9.97 Å². The van der Waals surface area contributed by atoms with Crippen molar-refractivity contribution in [2.75, 3.05) is 22.1 Å². The summed E-state index contributed by atoms with van der Waals surface area (Å²) >= 11 is 0. The molecule has 1 atom stereocenters. The van der Waals surface area contributed by atoms with E-state index in [1.165, 1.54) is 6.20 Å². The minimum absolute atomic E-state index is 0.129. The Bertz CT molecular complexity index is 1360. The summed E-state index contributed by atoms with van der Waals surface area (Å²) < 4.78 is 3.89. The smallest absolute Gasteiger partial charge is 0.251 e. The van der Waals surface area contributed by atoms with Crippen LogP contribution >= 0.6 is 0 Å². The number of anilines is 4. The predicted molar refractivity (Wildman–Crippen MR) is 134 cm³/mol. The second-order valence-electron chi connectivity index (χ2n) is 10.3. The Morgan fingerprint density at radius 2 is 1.94 bits per heavy atom. The molecule has 5 heterocycles. The molecule has 0 bridgehead atoms. The van der Waals surface area contributed by atoms with E-state index in [0.717, 1.165) is 5.65 Å². The van der Waals surface area contributed by atoms with Gasteiger partial charge in [0.05, 0.1) is 12.5 Å². The first-order chi connectivity index (χ1) is 16.6. The van der Waals surface area contributed by atoms with E-state index in [9.17, 15) is 4.79 Å².